The Balaban J connectivity index is 0.000000941. The first kappa shape index (κ1) is 23.0. The van der Waals surface area contributed by atoms with Crippen LogP contribution >= 0.6 is 0 Å². The molecule has 29 heavy (non-hydrogen) atoms. The molecule has 0 bridgehead atoms. The van der Waals surface area contributed by atoms with E-state index in [0.717, 1.165) is 37.9 Å². The molecular formula is C24H29F3N2. The molecule has 0 aromatic heterocycles. The van der Waals surface area contributed by atoms with Crippen molar-refractivity contribution < 1.29 is 13.2 Å². The maximum atomic E-state index is 12.7. The highest BCUT2D eigenvalue weighted by Crippen LogP contribution is 2.56. The zero-order chi connectivity index (χ0) is 21.3. The summed E-state index contributed by atoms with van der Waals surface area (Å²) in [4.78, 5) is 2.33. The number of alkyl halides is 3. The van der Waals surface area contributed by atoms with E-state index < -0.39 is 12.1 Å². The standard InChI is InChI=1S/C22H26F3N.C2H3N/c1-26(15-13-17-6-3-2-4-7-17)14-5-8-18-9-11-19(12-10-18)20-16-21(20)22(23,24)25;1-2-3/h2-4,6-7,9-12,20-21H,5,8,13-16H2,1H3;1H3. The second-order valence-electron chi connectivity index (χ2n) is 7.60. The molecule has 0 N–H and O–H groups in total. The van der Waals surface area contributed by atoms with E-state index in [2.05, 4.69) is 36.2 Å². The summed E-state index contributed by atoms with van der Waals surface area (Å²) < 4.78 is 38.0. The fourth-order valence-corrected chi connectivity index (χ4v) is 3.49. The van der Waals surface area contributed by atoms with Gasteiger partial charge >= 0.3 is 6.18 Å². The Bertz CT molecular complexity index is 763. The second-order valence-corrected chi connectivity index (χ2v) is 7.60. The van der Waals surface area contributed by atoms with E-state index in [4.69, 9.17) is 5.26 Å². The van der Waals surface area contributed by atoms with Crippen molar-refractivity contribution in [2.45, 2.75) is 44.7 Å². The van der Waals surface area contributed by atoms with Crippen LogP contribution in [0.3, 0.4) is 0 Å². The lowest BCUT2D eigenvalue weighted by molar-refractivity contribution is -0.148. The maximum Gasteiger partial charge on any atom is 0.392 e. The molecule has 0 aliphatic heterocycles. The minimum Gasteiger partial charge on any atom is -0.306 e. The van der Waals surface area contributed by atoms with Crippen LogP contribution in [0.25, 0.3) is 0 Å². The van der Waals surface area contributed by atoms with Crippen molar-refractivity contribution in [2.24, 2.45) is 5.92 Å². The summed E-state index contributed by atoms with van der Waals surface area (Å²) in [5.74, 6) is -1.46. The van der Waals surface area contributed by atoms with Crippen molar-refractivity contribution in [2.75, 3.05) is 20.1 Å². The topological polar surface area (TPSA) is 27.0 Å². The van der Waals surface area contributed by atoms with E-state index in [9.17, 15) is 13.2 Å². The van der Waals surface area contributed by atoms with Crippen LogP contribution in [0, 0.1) is 17.2 Å². The van der Waals surface area contributed by atoms with E-state index >= 15 is 0 Å². The molecule has 0 amide bonds. The van der Waals surface area contributed by atoms with E-state index in [1.165, 1.54) is 18.1 Å². The molecular weight excluding hydrogens is 373 g/mol. The Labute approximate surface area is 172 Å². The summed E-state index contributed by atoms with van der Waals surface area (Å²) in [6, 6.07) is 20.0. The minimum atomic E-state index is -4.05. The Hall–Kier alpha value is -2.32. The van der Waals surface area contributed by atoms with Gasteiger partial charge < -0.3 is 4.90 Å². The Morgan fingerprint density at radius 2 is 1.55 bits per heavy atom. The van der Waals surface area contributed by atoms with Crippen molar-refractivity contribution in [3.8, 4) is 6.07 Å². The van der Waals surface area contributed by atoms with Gasteiger partial charge in [-0.05, 0) is 61.9 Å². The van der Waals surface area contributed by atoms with E-state index in [1.54, 1.807) is 6.07 Å². The number of nitriles is 1. The van der Waals surface area contributed by atoms with Crippen LogP contribution in [0.1, 0.15) is 42.4 Å². The van der Waals surface area contributed by atoms with Crippen LogP contribution < -0.4 is 0 Å². The number of hydrogen-bond donors (Lipinski definition) is 0. The predicted octanol–water partition coefficient (Wildman–Crippen LogP) is 5.99. The number of nitrogens with zero attached hydrogens (tertiary/aromatic N) is 2. The van der Waals surface area contributed by atoms with Crippen LogP contribution in [0.5, 0.6) is 0 Å². The average molecular weight is 403 g/mol. The lowest BCUT2D eigenvalue weighted by Crippen LogP contribution is -2.22. The van der Waals surface area contributed by atoms with Gasteiger partial charge in [-0.1, -0.05) is 54.6 Å². The highest BCUT2D eigenvalue weighted by Gasteiger charge is 2.55. The van der Waals surface area contributed by atoms with Crippen molar-refractivity contribution in [3.63, 3.8) is 0 Å². The molecule has 2 aromatic carbocycles. The van der Waals surface area contributed by atoms with Gasteiger partial charge in [0.05, 0.1) is 12.0 Å². The molecule has 0 saturated heterocycles. The Morgan fingerprint density at radius 3 is 2.10 bits per heavy atom. The van der Waals surface area contributed by atoms with Gasteiger partial charge in [0.1, 0.15) is 0 Å². The van der Waals surface area contributed by atoms with Gasteiger partial charge in [0.2, 0.25) is 0 Å². The molecule has 1 saturated carbocycles. The highest BCUT2D eigenvalue weighted by molar-refractivity contribution is 5.30. The lowest BCUT2D eigenvalue weighted by Gasteiger charge is -2.16. The fraction of sp³-hybridized carbons (Fsp3) is 0.458. The van der Waals surface area contributed by atoms with Crippen LogP contribution in [0.15, 0.2) is 54.6 Å². The number of likely N-dealkylation sites (N-methyl/N-ethyl adjacent to an activating group) is 1. The molecule has 2 atom stereocenters. The van der Waals surface area contributed by atoms with Crippen LogP contribution in [-0.4, -0.2) is 31.2 Å². The molecule has 1 aliphatic rings. The van der Waals surface area contributed by atoms with Gasteiger partial charge in [-0.3, -0.25) is 0 Å². The van der Waals surface area contributed by atoms with Crippen molar-refractivity contribution >= 4 is 0 Å². The molecule has 2 nitrogen and oxygen atoms in total. The summed E-state index contributed by atoms with van der Waals surface area (Å²) in [5.41, 5.74) is 3.39. The highest BCUT2D eigenvalue weighted by atomic mass is 19.4. The first-order valence-corrected chi connectivity index (χ1v) is 10.0. The fourth-order valence-electron chi connectivity index (χ4n) is 3.49. The number of aryl methyl sites for hydroxylation is 1. The first-order valence-electron chi connectivity index (χ1n) is 10.0. The number of hydrogen-bond acceptors (Lipinski definition) is 2. The average Bonchev–Trinajstić information content (AvgIpc) is 3.50. The molecule has 1 fully saturated rings. The van der Waals surface area contributed by atoms with Gasteiger partial charge in [0.15, 0.2) is 0 Å². The second kappa shape index (κ2) is 11.0. The molecule has 1 aliphatic carbocycles. The normalized spacial score (nSPS) is 18.0. The molecule has 156 valence electrons. The molecule has 2 unspecified atom stereocenters. The first-order chi connectivity index (χ1) is 13.8. The van der Waals surface area contributed by atoms with Gasteiger partial charge in [-0.15, -0.1) is 0 Å². The number of rotatable bonds is 8. The zero-order valence-corrected chi connectivity index (χ0v) is 17.1. The number of halogens is 3. The lowest BCUT2D eigenvalue weighted by atomic mass is 10.0. The molecule has 5 heteroatoms. The largest absolute Gasteiger partial charge is 0.392 e. The van der Waals surface area contributed by atoms with Crippen LogP contribution in [-0.2, 0) is 12.8 Å². The quantitative estimate of drug-likeness (QED) is 0.542. The van der Waals surface area contributed by atoms with Gasteiger partial charge in [0.25, 0.3) is 0 Å². The molecule has 0 radical (unpaired) electrons. The van der Waals surface area contributed by atoms with E-state index in [-0.39, 0.29) is 12.3 Å². The van der Waals surface area contributed by atoms with Crippen LogP contribution in [0.4, 0.5) is 13.2 Å². The monoisotopic (exact) mass is 402 g/mol. The van der Waals surface area contributed by atoms with Gasteiger partial charge in [0, 0.05) is 13.5 Å². The van der Waals surface area contributed by atoms with Crippen molar-refractivity contribution in [3.05, 3.63) is 71.3 Å². The predicted molar refractivity (Wildman–Crippen MR) is 111 cm³/mol. The van der Waals surface area contributed by atoms with Crippen molar-refractivity contribution in [1.82, 2.24) is 4.90 Å². The Kier molecular flexibility index (Phi) is 8.72. The molecule has 2 aromatic rings. The smallest absolute Gasteiger partial charge is 0.306 e. The zero-order valence-electron chi connectivity index (χ0n) is 17.1. The summed E-state index contributed by atoms with van der Waals surface area (Å²) in [6.07, 6.45) is -0.737. The van der Waals surface area contributed by atoms with E-state index in [1.807, 2.05) is 30.3 Å². The number of benzene rings is 2. The maximum absolute atomic E-state index is 12.7. The van der Waals surface area contributed by atoms with Gasteiger partial charge in [-0.25, -0.2) is 0 Å². The summed E-state index contributed by atoms with van der Waals surface area (Å²) >= 11 is 0. The van der Waals surface area contributed by atoms with E-state index in [0.29, 0.717) is 0 Å². The molecule has 0 spiro atoms. The van der Waals surface area contributed by atoms with Crippen molar-refractivity contribution in [1.29, 1.82) is 5.26 Å². The summed E-state index contributed by atoms with van der Waals surface area (Å²) in [6.45, 7) is 3.48. The van der Waals surface area contributed by atoms with Crippen LogP contribution in [0.2, 0.25) is 0 Å². The Morgan fingerprint density at radius 1 is 0.966 bits per heavy atom. The summed E-state index contributed by atoms with van der Waals surface area (Å²) in [5, 5.41) is 7.32. The third kappa shape index (κ3) is 7.91. The van der Waals surface area contributed by atoms with Gasteiger partial charge in [-0.2, -0.15) is 18.4 Å². The molecule has 3 rings (SSSR count). The minimum absolute atomic E-state index is 0.245. The third-order valence-electron chi connectivity index (χ3n) is 5.25. The third-order valence-corrected chi connectivity index (χ3v) is 5.25. The summed E-state index contributed by atoms with van der Waals surface area (Å²) in [7, 11) is 2.14. The SMILES string of the molecule is CC#N.CN(CCCc1ccc(C2CC2C(F)(F)F)cc1)CCc1ccccc1. The molecule has 0 heterocycles.